The summed E-state index contributed by atoms with van der Waals surface area (Å²) in [6, 6.07) is 9.84. The largest absolute Gasteiger partial charge is 0.354 e. The van der Waals surface area contributed by atoms with Gasteiger partial charge in [0.1, 0.15) is 0 Å². The molecule has 116 valence electrons. The smallest absolute Gasteiger partial charge is 0.226 e. The number of amides is 1. The van der Waals surface area contributed by atoms with Crippen molar-refractivity contribution in [3.8, 4) is 5.69 Å². The average molecular weight is 299 g/mol. The van der Waals surface area contributed by atoms with E-state index in [9.17, 15) is 4.79 Å². The van der Waals surface area contributed by atoms with Gasteiger partial charge < -0.3 is 11.1 Å². The Morgan fingerprint density at radius 3 is 2.82 bits per heavy atom. The molecule has 0 aliphatic heterocycles. The molecule has 1 aromatic carbocycles. The lowest BCUT2D eigenvalue weighted by Crippen LogP contribution is -2.39. The van der Waals surface area contributed by atoms with E-state index in [2.05, 4.69) is 15.6 Å². The summed E-state index contributed by atoms with van der Waals surface area (Å²) in [5, 5.41) is 11.1. The third-order valence-corrected chi connectivity index (χ3v) is 4.08. The Labute approximate surface area is 129 Å². The number of nitrogens with zero attached hydrogens (tertiary/aromatic N) is 3. The molecule has 1 saturated carbocycles. The van der Waals surface area contributed by atoms with E-state index in [0.29, 0.717) is 18.2 Å². The normalized spacial score (nSPS) is 15.5. The maximum absolute atomic E-state index is 12.0. The highest BCUT2D eigenvalue weighted by atomic mass is 16.1. The summed E-state index contributed by atoms with van der Waals surface area (Å²) >= 11 is 0. The van der Waals surface area contributed by atoms with Crippen molar-refractivity contribution in [2.45, 2.75) is 32.2 Å². The molecule has 22 heavy (non-hydrogen) atoms. The van der Waals surface area contributed by atoms with Crippen LogP contribution in [0.3, 0.4) is 0 Å². The van der Waals surface area contributed by atoms with Gasteiger partial charge in [-0.25, -0.2) is 4.68 Å². The van der Waals surface area contributed by atoms with Gasteiger partial charge >= 0.3 is 0 Å². The first kappa shape index (κ1) is 14.7. The minimum absolute atomic E-state index is 0.0562. The molecule has 0 spiro atoms. The number of carbonyl (C=O) groups is 1. The fourth-order valence-corrected chi connectivity index (χ4v) is 2.48. The van der Waals surface area contributed by atoms with E-state index >= 15 is 0 Å². The monoisotopic (exact) mass is 299 g/mol. The molecule has 1 amide bonds. The minimum Gasteiger partial charge on any atom is -0.354 e. The molecule has 3 rings (SSSR count). The number of benzene rings is 1. The van der Waals surface area contributed by atoms with Crippen LogP contribution in [0, 0.1) is 12.8 Å². The van der Waals surface area contributed by atoms with E-state index in [0.717, 1.165) is 11.4 Å². The van der Waals surface area contributed by atoms with E-state index in [-0.39, 0.29) is 18.4 Å². The summed E-state index contributed by atoms with van der Waals surface area (Å²) in [4.78, 5) is 12.0. The zero-order valence-electron chi connectivity index (χ0n) is 12.7. The Morgan fingerprint density at radius 1 is 1.41 bits per heavy atom. The lowest BCUT2D eigenvalue weighted by atomic mass is 10.2. The van der Waals surface area contributed by atoms with Crippen molar-refractivity contribution in [1.29, 1.82) is 0 Å². The maximum atomic E-state index is 12.0. The van der Waals surface area contributed by atoms with E-state index in [1.165, 1.54) is 12.8 Å². The SMILES string of the molecule is Cc1c(CC(=O)NCC(N)C2CC2)nnn1-c1ccccc1. The Bertz CT molecular complexity index is 648. The highest BCUT2D eigenvalue weighted by molar-refractivity contribution is 5.78. The fraction of sp³-hybridized carbons (Fsp3) is 0.438. The molecule has 1 unspecified atom stereocenters. The van der Waals surface area contributed by atoms with Crippen LogP contribution in [-0.2, 0) is 11.2 Å². The molecular formula is C16H21N5O. The van der Waals surface area contributed by atoms with Crippen LogP contribution in [0.15, 0.2) is 30.3 Å². The van der Waals surface area contributed by atoms with Crippen molar-refractivity contribution in [1.82, 2.24) is 20.3 Å². The predicted octanol–water partition coefficient (Wildman–Crippen LogP) is 0.972. The predicted molar refractivity (Wildman–Crippen MR) is 83.5 cm³/mol. The minimum atomic E-state index is -0.0562. The maximum Gasteiger partial charge on any atom is 0.226 e. The first-order valence-corrected chi connectivity index (χ1v) is 7.64. The van der Waals surface area contributed by atoms with Gasteiger partial charge in [-0.1, -0.05) is 23.4 Å². The highest BCUT2D eigenvalue weighted by Gasteiger charge is 2.28. The molecule has 6 nitrogen and oxygen atoms in total. The highest BCUT2D eigenvalue weighted by Crippen LogP contribution is 2.31. The van der Waals surface area contributed by atoms with Gasteiger partial charge in [-0.05, 0) is 37.8 Å². The molecule has 1 aromatic heterocycles. The van der Waals surface area contributed by atoms with Gasteiger partial charge in [0.15, 0.2) is 0 Å². The molecule has 1 aliphatic rings. The van der Waals surface area contributed by atoms with Gasteiger partial charge in [-0.3, -0.25) is 4.79 Å². The quantitative estimate of drug-likeness (QED) is 0.832. The molecular weight excluding hydrogens is 278 g/mol. The zero-order chi connectivity index (χ0) is 15.5. The third-order valence-electron chi connectivity index (χ3n) is 4.08. The summed E-state index contributed by atoms with van der Waals surface area (Å²) in [5.41, 5.74) is 8.50. The van der Waals surface area contributed by atoms with Crippen molar-refractivity contribution in [2.75, 3.05) is 6.54 Å². The van der Waals surface area contributed by atoms with Gasteiger partial charge in [0, 0.05) is 12.6 Å². The van der Waals surface area contributed by atoms with Crippen LogP contribution in [0.4, 0.5) is 0 Å². The van der Waals surface area contributed by atoms with E-state index in [4.69, 9.17) is 5.73 Å². The van der Waals surface area contributed by atoms with Crippen molar-refractivity contribution in [2.24, 2.45) is 11.7 Å². The van der Waals surface area contributed by atoms with Crippen LogP contribution in [0.2, 0.25) is 0 Å². The number of rotatable bonds is 6. The summed E-state index contributed by atoms with van der Waals surface area (Å²) in [7, 11) is 0. The Hall–Kier alpha value is -2.21. The van der Waals surface area contributed by atoms with Gasteiger partial charge in [0.05, 0.1) is 23.5 Å². The molecule has 1 heterocycles. The Kier molecular flexibility index (Phi) is 4.20. The topological polar surface area (TPSA) is 85.8 Å². The second-order valence-electron chi connectivity index (χ2n) is 5.85. The van der Waals surface area contributed by atoms with E-state index < -0.39 is 0 Å². The summed E-state index contributed by atoms with van der Waals surface area (Å²) in [6.07, 6.45) is 2.60. The molecule has 1 aliphatic carbocycles. The molecule has 3 N–H and O–H groups in total. The van der Waals surface area contributed by atoms with Gasteiger partial charge in [-0.15, -0.1) is 5.10 Å². The average Bonchev–Trinajstić information content (AvgIpc) is 3.32. The number of hydrogen-bond donors (Lipinski definition) is 2. The second kappa shape index (κ2) is 6.27. The van der Waals surface area contributed by atoms with Crippen LogP contribution in [0.1, 0.15) is 24.2 Å². The summed E-state index contributed by atoms with van der Waals surface area (Å²) in [5.74, 6) is 0.528. The Morgan fingerprint density at radius 2 is 2.14 bits per heavy atom. The lowest BCUT2D eigenvalue weighted by Gasteiger charge is -2.11. The standard InChI is InChI=1S/C16H21N5O/c1-11-15(9-16(22)18-10-14(17)12-7-8-12)19-20-21(11)13-5-3-2-4-6-13/h2-6,12,14H,7-10,17H2,1H3,(H,18,22). The van der Waals surface area contributed by atoms with Crippen molar-refractivity contribution >= 4 is 5.91 Å². The first-order valence-electron chi connectivity index (χ1n) is 7.64. The van der Waals surface area contributed by atoms with Crippen molar-refractivity contribution in [3.63, 3.8) is 0 Å². The molecule has 0 saturated heterocycles. The van der Waals surface area contributed by atoms with Crippen LogP contribution >= 0.6 is 0 Å². The van der Waals surface area contributed by atoms with Gasteiger partial charge in [0.25, 0.3) is 0 Å². The van der Waals surface area contributed by atoms with Crippen LogP contribution in [-0.4, -0.2) is 33.5 Å². The number of hydrogen-bond acceptors (Lipinski definition) is 4. The van der Waals surface area contributed by atoms with Crippen LogP contribution in [0.5, 0.6) is 0 Å². The van der Waals surface area contributed by atoms with Crippen LogP contribution < -0.4 is 11.1 Å². The van der Waals surface area contributed by atoms with Gasteiger partial charge in [-0.2, -0.15) is 0 Å². The zero-order valence-corrected chi connectivity index (χ0v) is 12.7. The van der Waals surface area contributed by atoms with Gasteiger partial charge in [0.2, 0.25) is 5.91 Å². The van der Waals surface area contributed by atoms with E-state index in [1.54, 1.807) is 4.68 Å². The number of para-hydroxylation sites is 1. The lowest BCUT2D eigenvalue weighted by molar-refractivity contribution is -0.120. The number of aromatic nitrogens is 3. The molecule has 0 radical (unpaired) electrons. The fourth-order valence-electron chi connectivity index (χ4n) is 2.48. The molecule has 1 atom stereocenters. The van der Waals surface area contributed by atoms with Crippen molar-refractivity contribution in [3.05, 3.63) is 41.7 Å². The molecule has 6 heteroatoms. The second-order valence-corrected chi connectivity index (χ2v) is 5.85. The molecule has 1 fully saturated rings. The summed E-state index contributed by atoms with van der Waals surface area (Å²) < 4.78 is 1.75. The third kappa shape index (κ3) is 3.33. The first-order chi connectivity index (χ1) is 10.6. The molecule has 2 aromatic rings. The van der Waals surface area contributed by atoms with Crippen molar-refractivity contribution < 1.29 is 4.79 Å². The summed E-state index contributed by atoms with van der Waals surface area (Å²) in [6.45, 7) is 2.46. The molecule has 0 bridgehead atoms. The number of nitrogens with one attached hydrogen (secondary N) is 1. The number of carbonyl (C=O) groups excluding carboxylic acids is 1. The van der Waals surface area contributed by atoms with E-state index in [1.807, 2.05) is 37.3 Å². The Balaban J connectivity index is 1.60. The van der Waals surface area contributed by atoms with Crippen LogP contribution in [0.25, 0.3) is 5.69 Å². The number of nitrogens with two attached hydrogens (primary N) is 1.